The van der Waals surface area contributed by atoms with Crippen LogP contribution in [0.1, 0.15) is 34.4 Å². The molecular formula is C19H20Cl2N2S. The van der Waals surface area contributed by atoms with Gasteiger partial charge < -0.3 is 5.32 Å². The maximum atomic E-state index is 9.32. The quantitative estimate of drug-likeness (QED) is 0.747. The van der Waals surface area contributed by atoms with Gasteiger partial charge in [0.2, 0.25) is 0 Å². The van der Waals surface area contributed by atoms with E-state index in [4.69, 9.17) is 11.6 Å². The molecule has 126 valence electrons. The first kappa shape index (κ1) is 19.1. The van der Waals surface area contributed by atoms with E-state index in [1.807, 2.05) is 30.3 Å². The molecule has 5 heteroatoms. The fourth-order valence-corrected chi connectivity index (χ4v) is 4.58. The van der Waals surface area contributed by atoms with Gasteiger partial charge in [0.25, 0.3) is 0 Å². The second-order valence-corrected chi connectivity index (χ2v) is 7.48. The van der Waals surface area contributed by atoms with Crippen LogP contribution in [0, 0.1) is 11.3 Å². The Kier molecular flexibility index (Phi) is 7.01. The van der Waals surface area contributed by atoms with E-state index in [1.165, 1.54) is 16.0 Å². The molecular weight excluding hydrogens is 359 g/mol. The van der Waals surface area contributed by atoms with Crippen molar-refractivity contribution in [2.24, 2.45) is 0 Å². The van der Waals surface area contributed by atoms with Crippen LogP contribution in [0.5, 0.6) is 0 Å². The largest absolute Gasteiger partial charge is 0.316 e. The van der Waals surface area contributed by atoms with Crippen LogP contribution in [0.3, 0.4) is 0 Å². The summed E-state index contributed by atoms with van der Waals surface area (Å²) in [6, 6.07) is 14.3. The van der Waals surface area contributed by atoms with Gasteiger partial charge >= 0.3 is 0 Å². The molecule has 24 heavy (non-hydrogen) atoms. The summed E-state index contributed by atoms with van der Waals surface area (Å²) in [5.74, 6) is 0. The second kappa shape index (κ2) is 8.78. The van der Waals surface area contributed by atoms with E-state index in [0.717, 1.165) is 42.1 Å². The maximum Gasteiger partial charge on any atom is 0.0994 e. The molecule has 0 spiro atoms. The summed E-state index contributed by atoms with van der Waals surface area (Å²) < 4.78 is 0. The number of nitrogens with one attached hydrogen (secondary N) is 1. The van der Waals surface area contributed by atoms with Crippen LogP contribution in [0.4, 0.5) is 0 Å². The monoisotopic (exact) mass is 378 g/mol. The molecule has 0 fully saturated rings. The van der Waals surface area contributed by atoms with Crippen LogP contribution in [-0.4, -0.2) is 13.1 Å². The van der Waals surface area contributed by atoms with Crippen molar-refractivity contribution in [2.75, 3.05) is 13.1 Å². The summed E-state index contributed by atoms with van der Waals surface area (Å²) in [6.07, 6.45) is 2.05. The highest BCUT2D eigenvalue weighted by Crippen LogP contribution is 2.42. The molecule has 1 unspecified atom stereocenters. The first-order chi connectivity index (χ1) is 11.2. The standard InChI is InChI=1S/C19H19ClN2S.ClH/c1-13(16-5-3-2-4-15(16)12-21)23-19-17-9-11-22-10-8-14(17)6-7-18(19)20;/h2-7,13,22H,8-11H2,1H3;1H. The van der Waals surface area contributed by atoms with Gasteiger partial charge in [-0.3, -0.25) is 0 Å². The number of fused-ring (bicyclic) bond motifs is 1. The summed E-state index contributed by atoms with van der Waals surface area (Å²) in [5, 5.41) is 13.8. The highest BCUT2D eigenvalue weighted by molar-refractivity contribution is 7.99. The molecule has 0 saturated heterocycles. The van der Waals surface area contributed by atoms with Crippen LogP contribution in [0.25, 0.3) is 0 Å². The van der Waals surface area contributed by atoms with E-state index >= 15 is 0 Å². The topological polar surface area (TPSA) is 35.8 Å². The number of rotatable bonds is 3. The Bertz CT molecular complexity index is 756. The summed E-state index contributed by atoms with van der Waals surface area (Å²) in [6.45, 7) is 4.15. The molecule has 0 bridgehead atoms. The molecule has 0 aliphatic carbocycles. The lowest BCUT2D eigenvalue weighted by Gasteiger charge is -2.18. The van der Waals surface area contributed by atoms with Gasteiger partial charge in [-0.1, -0.05) is 35.9 Å². The molecule has 0 radical (unpaired) electrons. The van der Waals surface area contributed by atoms with Crippen molar-refractivity contribution in [1.29, 1.82) is 5.26 Å². The number of thioether (sulfide) groups is 1. The Hall–Kier alpha value is -1.18. The normalized spacial score (nSPS) is 14.7. The molecule has 1 aliphatic rings. The third-order valence-electron chi connectivity index (χ3n) is 4.25. The lowest BCUT2D eigenvalue weighted by molar-refractivity contribution is 0.709. The Morgan fingerprint density at radius 3 is 2.71 bits per heavy atom. The van der Waals surface area contributed by atoms with Gasteiger partial charge in [-0.2, -0.15) is 5.26 Å². The Morgan fingerprint density at radius 1 is 1.17 bits per heavy atom. The zero-order valence-corrected chi connectivity index (χ0v) is 15.9. The highest BCUT2D eigenvalue weighted by Gasteiger charge is 2.19. The van der Waals surface area contributed by atoms with Gasteiger partial charge in [-0.25, -0.2) is 0 Å². The fraction of sp³-hybridized carbons (Fsp3) is 0.316. The predicted molar refractivity (Wildman–Crippen MR) is 104 cm³/mol. The minimum atomic E-state index is 0. The first-order valence-electron chi connectivity index (χ1n) is 7.87. The summed E-state index contributed by atoms with van der Waals surface area (Å²) >= 11 is 8.28. The third-order valence-corrected chi connectivity index (χ3v) is 5.98. The van der Waals surface area contributed by atoms with E-state index < -0.39 is 0 Å². The van der Waals surface area contributed by atoms with Gasteiger partial charge in [-0.15, -0.1) is 24.2 Å². The van der Waals surface area contributed by atoms with E-state index in [1.54, 1.807) is 11.8 Å². The minimum Gasteiger partial charge on any atom is -0.316 e. The molecule has 2 nitrogen and oxygen atoms in total. The van der Waals surface area contributed by atoms with Crippen molar-refractivity contribution in [3.05, 3.63) is 63.7 Å². The molecule has 1 aliphatic heterocycles. The lowest BCUT2D eigenvalue weighted by atomic mass is 10.0. The number of halogens is 2. The molecule has 0 amide bonds. The van der Waals surface area contributed by atoms with Crippen molar-refractivity contribution in [3.63, 3.8) is 0 Å². The number of nitrogens with zero attached hydrogens (tertiary/aromatic N) is 1. The second-order valence-electron chi connectivity index (χ2n) is 5.72. The maximum absolute atomic E-state index is 9.32. The molecule has 1 atom stereocenters. The molecule has 0 aromatic heterocycles. The van der Waals surface area contributed by atoms with Gasteiger partial charge in [-0.05, 0) is 61.7 Å². The lowest BCUT2D eigenvalue weighted by Crippen LogP contribution is -2.16. The molecule has 1 N–H and O–H groups in total. The van der Waals surface area contributed by atoms with Crippen molar-refractivity contribution in [3.8, 4) is 6.07 Å². The van der Waals surface area contributed by atoms with Crippen LogP contribution >= 0.6 is 35.8 Å². The van der Waals surface area contributed by atoms with Crippen molar-refractivity contribution in [1.82, 2.24) is 5.32 Å². The summed E-state index contributed by atoms with van der Waals surface area (Å²) in [7, 11) is 0. The number of hydrogen-bond donors (Lipinski definition) is 1. The van der Waals surface area contributed by atoms with Crippen molar-refractivity contribution < 1.29 is 0 Å². The third kappa shape index (κ3) is 4.07. The van der Waals surface area contributed by atoms with Crippen molar-refractivity contribution >= 4 is 35.8 Å². The minimum absolute atomic E-state index is 0. The smallest absolute Gasteiger partial charge is 0.0994 e. The average molecular weight is 379 g/mol. The van der Waals surface area contributed by atoms with E-state index in [2.05, 4.69) is 24.4 Å². The zero-order chi connectivity index (χ0) is 16.2. The van der Waals surface area contributed by atoms with Crippen molar-refractivity contribution in [2.45, 2.75) is 29.9 Å². The number of benzene rings is 2. The SMILES string of the molecule is CC(Sc1c(Cl)ccc2c1CCNCC2)c1ccccc1C#N.Cl. The fourth-order valence-electron chi connectivity index (χ4n) is 3.03. The van der Waals surface area contributed by atoms with Crippen LogP contribution in [0.2, 0.25) is 5.02 Å². The van der Waals surface area contributed by atoms with E-state index in [9.17, 15) is 5.26 Å². The molecule has 2 aromatic rings. The number of hydrogen-bond acceptors (Lipinski definition) is 3. The summed E-state index contributed by atoms with van der Waals surface area (Å²) in [4.78, 5) is 1.17. The van der Waals surface area contributed by atoms with Crippen LogP contribution in [0.15, 0.2) is 41.3 Å². The Morgan fingerprint density at radius 2 is 1.92 bits per heavy atom. The Labute approximate surface area is 159 Å². The molecule has 2 aromatic carbocycles. The van der Waals surface area contributed by atoms with Crippen LogP contribution in [-0.2, 0) is 12.8 Å². The van der Waals surface area contributed by atoms with E-state index in [-0.39, 0.29) is 17.7 Å². The predicted octanol–water partition coefficient (Wildman–Crippen LogP) is 5.17. The zero-order valence-electron chi connectivity index (χ0n) is 13.5. The summed E-state index contributed by atoms with van der Waals surface area (Å²) in [5.41, 5.74) is 4.57. The number of nitriles is 1. The van der Waals surface area contributed by atoms with Gasteiger partial charge in [0.15, 0.2) is 0 Å². The molecule has 1 heterocycles. The first-order valence-corrected chi connectivity index (χ1v) is 9.13. The van der Waals surface area contributed by atoms with Crippen LogP contribution < -0.4 is 5.32 Å². The average Bonchev–Trinajstić information content (AvgIpc) is 2.83. The highest BCUT2D eigenvalue weighted by atomic mass is 35.5. The van der Waals surface area contributed by atoms with Gasteiger partial charge in [0, 0.05) is 10.1 Å². The van der Waals surface area contributed by atoms with Gasteiger partial charge in [0.05, 0.1) is 16.7 Å². The van der Waals surface area contributed by atoms with Gasteiger partial charge in [0.1, 0.15) is 0 Å². The molecule has 3 rings (SSSR count). The molecule has 0 saturated carbocycles. The van der Waals surface area contributed by atoms with E-state index in [0.29, 0.717) is 0 Å². The Balaban J connectivity index is 0.00000208.